The van der Waals surface area contributed by atoms with E-state index in [1.807, 2.05) is 18.2 Å². The topological polar surface area (TPSA) is 30.7 Å². The Hall–Kier alpha value is -1.38. The van der Waals surface area contributed by atoms with Gasteiger partial charge in [-0.05, 0) is 30.9 Å². The summed E-state index contributed by atoms with van der Waals surface area (Å²) in [5.74, 6) is 1.30. The van der Waals surface area contributed by atoms with Crippen molar-refractivity contribution < 1.29 is 0 Å². The van der Waals surface area contributed by atoms with Crippen LogP contribution in [0.15, 0.2) is 24.3 Å². The first-order valence-corrected chi connectivity index (χ1v) is 6.45. The zero-order chi connectivity index (χ0) is 12.4. The van der Waals surface area contributed by atoms with Crippen LogP contribution >= 0.6 is 0 Å². The van der Waals surface area contributed by atoms with Gasteiger partial charge in [0.15, 0.2) is 0 Å². The molecule has 2 unspecified atom stereocenters. The van der Waals surface area contributed by atoms with E-state index in [0.29, 0.717) is 17.9 Å². The average Bonchev–Trinajstić information content (AvgIpc) is 2.79. The van der Waals surface area contributed by atoms with Crippen LogP contribution in [0, 0.1) is 11.8 Å². The van der Waals surface area contributed by atoms with Crippen LogP contribution in [-0.2, 0) is 0 Å². The molecule has 3 atom stereocenters. The second-order valence-corrected chi connectivity index (χ2v) is 5.01. The molecule has 1 heterocycles. The van der Waals surface area contributed by atoms with Crippen molar-refractivity contribution in [1.29, 1.82) is 0 Å². The molecule has 0 bridgehead atoms. The maximum absolute atomic E-state index is 4.30. The number of benzene rings is 1. The Labute approximate surface area is 103 Å². The minimum absolute atomic E-state index is 0.386. The zero-order valence-electron chi connectivity index (χ0n) is 11.1. The van der Waals surface area contributed by atoms with Gasteiger partial charge < -0.3 is 0 Å². The number of hydrogen-bond acceptors (Lipinski definition) is 2. The quantitative estimate of drug-likeness (QED) is 0.803. The third-order valence-electron chi connectivity index (χ3n) is 4.07. The van der Waals surface area contributed by atoms with Gasteiger partial charge >= 0.3 is 0 Å². The highest BCUT2D eigenvalue weighted by Crippen LogP contribution is 2.28. The third kappa shape index (κ3) is 2.19. The molecule has 17 heavy (non-hydrogen) atoms. The van der Waals surface area contributed by atoms with E-state index < -0.39 is 0 Å². The van der Waals surface area contributed by atoms with E-state index in [2.05, 4.69) is 48.8 Å². The van der Waals surface area contributed by atoms with E-state index in [9.17, 15) is 0 Å². The van der Waals surface area contributed by atoms with Gasteiger partial charge in [0.25, 0.3) is 0 Å². The molecule has 0 aliphatic rings. The maximum Gasteiger partial charge on any atom is 0.113 e. The van der Waals surface area contributed by atoms with E-state index in [1.165, 1.54) is 6.42 Å². The van der Waals surface area contributed by atoms with Crippen LogP contribution in [0.1, 0.15) is 40.2 Å². The summed E-state index contributed by atoms with van der Waals surface area (Å²) in [7, 11) is 0. The molecule has 0 saturated carbocycles. The van der Waals surface area contributed by atoms with Gasteiger partial charge in [0.05, 0.1) is 11.6 Å². The lowest BCUT2D eigenvalue weighted by Gasteiger charge is -2.25. The first-order chi connectivity index (χ1) is 8.15. The minimum atomic E-state index is 0.386. The van der Waals surface area contributed by atoms with Gasteiger partial charge in [-0.3, -0.25) is 0 Å². The van der Waals surface area contributed by atoms with E-state index in [4.69, 9.17) is 0 Å². The molecule has 92 valence electrons. The van der Waals surface area contributed by atoms with E-state index >= 15 is 0 Å². The molecule has 2 rings (SSSR count). The molecular formula is C14H21N3. The Balaban J connectivity index is 2.33. The molecule has 0 N–H and O–H groups in total. The summed E-state index contributed by atoms with van der Waals surface area (Å²) >= 11 is 0. The molecule has 0 aliphatic heterocycles. The number of para-hydroxylation sites is 1. The summed E-state index contributed by atoms with van der Waals surface area (Å²) in [4.78, 5) is 0. The Morgan fingerprint density at radius 3 is 2.59 bits per heavy atom. The molecule has 1 aromatic carbocycles. The van der Waals surface area contributed by atoms with Crippen LogP contribution in [-0.4, -0.2) is 15.0 Å². The van der Waals surface area contributed by atoms with Crippen LogP contribution in [0.5, 0.6) is 0 Å². The number of aromatic nitrogens is 3. The summed E-state index contributed by atoms with van der Waals surface area (Å²) in [5, 5.41) is 8.52. The molecule has 1 aromatic heterocycles. The van der Waals surface area contributed by atoms with Crippen LogP contribution < -0.4 is 0 Å². The molecule has 0 radical (unpaired) electrons. The fourth-order valence-corrected chi connectivity index (χ4v) is 2.26. The summed E-state index contributed by atoms with van der Waals surface area (Å²) in [6.45, 7) is 9.08. The average molecular weight is 231 g/mol. The largest absolute Gasteiger partial charge is 0.242 e. The van der Waals surface area contributed by atoms with Crippen molar-refractivity contribution in [3.05, 3.63) is 24.3 Å². The van der Waals surface area contributed by atoms with E-state index in [1.54, 1.807) is 0 Å². The normalized spacial score (nSPS) is 16.9. The molecule has 0 spiro atoms. The lowest BCUT2D eigenvalue weighted by molar-refractivity contribution is 0.259. The molecule has 3 heteroatoms. The van der Waals surface area contributed by atoms with Crippen LogP contribution in [0.3, 0.4) is 0 Å². The van der Waals surface area contributed by atoms with Gasteiger partial charge in [-0.15, -0.1) is 5.10 Å². The number of hydrogen-bond donors (Lipinski definition) is 0. The van der Waals surface area contributed by atoms with Gasteiger partial charge in [-0.2, -0.15) is 0 Å². The van der Waals surface area contributed by atoms with Gasteiger partial charge in [0.1, 0.15) is 5.52 Å². The van der Waals surface area contributed by atoms with Gasteiger partial charge in [-0.25, -0.2) is 4.68 Å². The predicted molar refractivity (Wildman–Crippen MR) is 70.9 cm³/mol. The van der Waals surface area contributed by atoms with Crippen molar-refractivity contribution >= 4 is 11.0 Å². The standard InChI is InChI=1S/C14H21N3/c1-5-10(2)11(3)12(4)17-14-9-7-6-8-13(14)15-16-17/h6-12H,5H2,1-4H3/t10?,11-,12?/m0/s1. The third-order valence-corrected chi connectivity index (χ3v) is 4.07. The molecule has 2 aromatic rings. The van der Waals surface area contributed by atoms with E-state index in [-0.39, 0.29) is 0 Å². The highest BCUT2D eigenvalue weighted by molar-refractivity contribution is 5.73. The minimum Gasteiger partial charge on any atom is -0.242 e. The summed E-state index contributed by atoms with van der Waals surface area (Å²) in [6, 6.07) is 8.54. The van der Waals surface area contributed by atoms with Gasteiger partial charge in [0, 0.05) is 0 Å². The van der Waals surface area contributed by atoms with Crippen LogP contribution in [0.25, 0.3) is 11.0 Å². The highest BCUT2D eigenvalue weighted by atomic mass is 15.4. The number of nitrogens with zero attached hydrogens (tertiary/aromatic N) is 3. The first-order valence-electron chi connectivity index (χ1n) is 6.45. The van der Waals surface area contributed by atoms with Crippen molar-refractivity contribution in [2.75, 3.05) is 0 Å². The molecule has 0 saturated heterocycles. The molecule has 0 fully saturated rings. The Morgan fingerprint density at radius 1 is 1.18 bits per heavy atom. The molecular weight excluding hydrogens is 210 g/mol. The van der Waals surface area contributed by atoms with Crippen LogP contribution in [0.2, 0.25) is 0 Å². The predicted octanol–water partition coefficient (Wildman–Crippen LogP) is 3.67. The summed E-state index contributed by atoms with van der Waals surface area (Å²) in [5.41, 5.74) is 2.12. The fraction of sp³-hybridized carbons (Fsp3) is 0.571. The maximum atomic E-state index is 4.30. The van der Waals surface area contributed by atoms with Crippen molar-refractivity contribution in [2.45, 2.75) is 40.2 Å². The molecule has 0 amide bonds. The van der Waals surface area contributed by atoms with Crippen molar-refractivity contribution in [3.8, 4) is 0 Å². The summed E-state index contributed by atoms with van der Waals surface area (Å²) < 4.78 is 2.06. The lowest BCUT2D eigenvalue weighted by atomic mass is 9.88. The zero-order valence-corrected chi connectivity index (χ0v) is 11.1. The molecule has 3 nitrogen and oxygen atoms in total. The fourth-order valence-electron chi connectivity index (χ4n) is 2.26. The van der Waals surface area contributed by atoms with Crippen molar-refractivity contribution in [2.24, 2.45) is 11.8 Å². The monoisotopic (exact) mass is 231 g/mol. The Morgan fingerprint density at radius 2 is 1.88 bits per heavy atom. The highest BCUT2D eigenvalue weighted by Gasteiger charge is 2.21. The van der Waals surface area contributed by atoms with Gasteiger partial charge in [-0.1, -0.05) is 44.5 Å². The first kappa shape index (κ1) is 12.1. The SMILES string of the molecule is CCC(C)[C@H](C)C(C)n1nnc2ccccc21. The van der Waals surface area contributed by atoms with Gasteiger partial charge in [0.2, 0.25) is 0 Å². The van der Waals surface area contributed by atoms with Crippen molar-refractivity contribution in [3.63, 3.8) is 0 Å². The lowest BCUT2D eigenvalue weighted by Crippen LogP contribution is -2.20. The van der Waals surface area contributed by atoms with Crippen LogP contribution in [0.4, 0.5) is 0 Å². The Bertz CT molecular complexity index is 489. The second kappa shape index (κ2) is 4.86. The smallest absolute Gasteiger partial charge is 0.113 e. The number of rotatable bonds is 4. The Kier molecular flexibility index (Phi) is 3.46. The molecule has 0 aliphatic carbocycles. The second-order valence-electron chi connectivity index (χ2n) is 5.01. The summed E-state index contributed by atoms with van der Waals surface area (Å²) in [6.07, 6.45) is 1.21. The number of fused-ring (bicyclic) bond motifs is 1. The van der Waals surface area contributed by atoms with E-state index in [0.717, 1.165) is 11.0 Å². The van der Waals surface area contributed by atoms with Crippen molar-refractivity contribution in [1.82, 2.24) is 15.0 Å².